The lowest BCUT2D eigenvalue weighted by atomic mass is 10.3. The van der Waals surface area contributed by atoms with E-state index in [1.807, 2.05) is 30.8 Å². The Morgan fingerprint density at radius 1 is 1.41 bits per heavy atom. The summed E-state index contributed by atoms with van der Waals surface area (Å²) in [5, 5.41) is 7.60. The summed E-state index contributed by atoms with van der Waals surface area (Å²) in [6.45, 7) is 2.67. The number of aromatic nitrogens is 4. The first kappa shape index (κ1) is 11.9. The number of rotatable bonds is 4. The SMILES string of the molecule is Cc1cc(NCCc2ccnn2C)nc(Cl)n1. The molecular weight excluding hydrogens is 238 g/mol. The first-order chi connectivity index (χ1) is 8.15. The molecule has 0 aliphatic heterocycles. The summed E-state index contributed by atoms with van der Waals surface area (Å²) in [5.74, 6) is 0.754. The summed E-state index contributed by atoms with van der Waals surface area (Å²) >= 11 is 5.78. The molecule has 90 valence electrons. The van der Waals surface area contributed by atoms with Crippen LogP contribution in [0.25, 0.3) is 0 Å². The standard InChI is InChI=1S/C11H14ClN5/c1-8-7-10(16-11(12)15-8)13-5-3-9-4-6-14-17(9)2/h4,6-7H,3,5H2,1-2H3,(H,13,15,16). The monoisotopic (exact) mass is 251 g/mol. The van der Waals surface area contributed by atoms with E-state index in [9.17, 15) is 0 Å². The summed E-state index contributed by atoms with van der Waals surface area (Å²) in [6, 6.07) is 3.87. The van der Waals surface area contributed by atoms with Gasteiger partial charge in [-0.15, -0.1) is 0 Å². The fraction of sp³-hybridized carbons (Fsp3) is 0.364. The van der Waals surface area contributed by atoms with Gasteiger partial charge in [0.25, 0.3) is 0 Å². The Bertz CT molecular complexity index is 488. The first-order valence-electron chi connectivity index (χ1n) is 5.37. The third kappa shape index (κ3) is 3.17. The molecule has 0 spiro atoms. The van der Waals surface area contributed by atoms with Crippen LogP contribution in [0.1, 0.15) is 11.4 Å². The molecule has 2 aromatic rings. The molecule has 0 bridgehead atoms. The molecule has 2 aromatic heterocycles. The normalized spacial score (nSPS) is 10.5. The minimum absolute atomic E-state index is 0.271. The molecule has 0 aromatic carbocycles. The van der Waals surface area contributed by atoms with Crippen molar-refractivity contribution in [2.75, 3.05) is 11.9 Å². The molecule has 2 rings (SSSR count). The molecule has 0 unspecified atom stereocenters. The van der Waals surface area contributed by atoms with Crippen LogP contribution in [0.3, 0.4) is 0 Å². The van der Waals surface area contributed by atoms with Gasteiger partial charge in [0.2, 0.25) is 5.28 Å². The molecule has 0 aliphatic carbocycles. The third-order valence-corrected chi connectivity index (χ3v) is 2.61. The van der Waals surface area contributed by atoms with E-state index >= 15 is 0 Å². The topological polar surface area (TPSA) is 55.6 Å². The molecule has 0 saturated heterocycles. The number of nitrogens with one attached hydrogen (secondary N) is 1. The molecule has 0 atom stereocenters. The summed E-state index contributed by atoms with van der Waals surface area (Å²) in [6.07, 6.45) is 2.68. The van der Waals surface area contributed by atoms with E-state index in [0.717, 1.165) is 24.5 Å². The van der Waals surface area contributed by atoms with Gasteiger partial charge in [-0.05, 0) is 24.6 Å². The lowest BCUT2D eigenvalue weighted by Crippen LogP contribution is -2.09. The number of halogens is 1. The van der Waals surface area contributed by atoms with Gasteiger partial charge in [-0.25, -0.2) is 9.97 Å². The molecule has 0 fully saturated rings. The number of hydrogen-bond acceptors (Lipinski definition) is 4. The molecule has 1 N–H and O–H groups in total. The minimum atomic E-state index is 0.271. The van der Waals surface area contributed by atoms with Crippen molar-refractivity contribution in [3.63, 3.8) is 0 Å². The van der Waals surface area contributed by atoms with Gasteiger partial charge < -0.3 is 5.32 Å². The molecule has 17 heavy (non-hydrogen) atoms. The van der Waals surface area contributed by atoms with E-state index < -0.39 is 0 Å². The molecule has 0 radical (unpaired) electrons. The Morgan fingerprint density at radius 3 is 2.88 bits per heavy atom. The molecule has 0 amide bonds. The Morgan fingerprint density at radius 2 is 2.24 bits per heavy atom. The molecule has 5 nitrogen and oxygen atoms in total. The molecule has 0 saturated carbocycles. The highest BCUT2D eigenvalue weighted by Crippen LogP contribution is 2.09. The Labute approximate surface area is 105 Å². The third-order valence-electron chi connectivity index (χ3n) is 2.44. The van der Waals surface area contributed by atoms with E-state index in [1.165, 1.54) is 5.69 Å². The number of anilines is 1. The van der Waals surface area contributed by atoms with Gasteiger partial charge in [-0.3, -0.25) is 4.68 Å². The van der Waals surface area contributed by atoms with Crippen molar-refractivity contribution in [3.05, 3.63) is 35.0 Å². The predicted octanol–water partition coefficient (Wildman–Crippen LogP) is 1.83. The maximum atomic E-state index is 5.78. The van der Waals surface area contributed by atoms with Crippen LogP contribution in [0.15, 0.2) is 18.3 Å². The maximum absolute atomic E-state index is 5.78. The number of nitrogens with zero attached hydrogens (tertiary/aromatic N) is 4. The van der Waals surface area contributed by atoms with Crippen LogP contribution in [-0.4, -0.2) is 26.3 Å². The maximum Gasteiger partial charge on any atom is 0.224 e. The van der Waals surface area contributed by atoms with Crippen molar-refractivity contribution in [2.45, 2.75) is 13.3 Å². The average Bonchev–Trinajstić information content (AvgIpc) is 2.63. The zero-order chi connectivity index (χ0) is 12.3. The Hall–Kier alpha value is -1.62. The highest BCUT2D eigenvalue weighted by molar-refractivity contribution is 6.28. The van der Waals surface area contributed by atoms with Crippen molar-refractivity contribution in [2.24, 2.45) is 7.05 Å². The van der Waals surface area contributed by atoms with Crippen molar-refractivity contribution in [1.82, 2.24) is 19.7 Å². The predicted molar refractivity (Wildman–Crippen MR) is 67.2 cm³/mol. The zero-order valence-corrected chi connectivity index (χ0v) is 10.6. The highest BCUT2D eigenvalue weighted by atomic mass is 35.5. The minimum Gasteiger partial charge on any atom is -0.370 e. The second-order valence-corrected chi connectivity index (χ2v) is 4.12. The van der Waals surface area contributed by atoms with E-state index in [1.54, 1.807) is 6.20 Å². The van der Waals surface area contributed by atoms with Crippen LogP contribution in [-0.2, 0) is 13.5 Å². The van der Waals surface area contributed by atoms with Crippen LogP contribution in [0, 0.1) is 6.92 Å². The first-order valence-corrected chi connectivity index (χ1v) is 5.75. The zero-order valence-electron chi connectivity index (χ0n) is 9.81. The smallest absolute Gasteiger partial charge is 0.224 e. The summed E-state index contributed by atoms with van der Waals surface area (Å²) in [5.41, 5.74) is 2.03. The van der Waals surface area contributed by atoms with Crippen molar-refractivity contribution >= 4 is 17.4 Å². The van der Waals surface area contributed by atoms with E-state index in [2.05, 4.69) is 20.4 Å². The molecule has 2 heterocycles. The van der Waals surface area contributed by atoms with Gasteiger partial charge in [0, 0.05) is 43.7 Å². The number of hydrogen-bond donors (Lipinski definition) is 1. The van der Waals surface area contributed by atoms with Gasteiger partial charge in [-0.1, -0.05) is 0 Å². The lowest BCUT2D eigenvalue weighted by molar-refractivity contribution is 0.711. The van der Waals surface area contributed by atoms with Crippen molar-refractivity contribution in [1.29, 1.82) is 0 Å². The summed E-state index contributed by atoms with van der Waals surface area (Å²) in [4.78, 5) is 8.10. The number of aryl methyl sites for hydroxylation is 2. The summed E-state index contributed by atoms with van der Waals surface area (Å²) in [7, 11) is 1.93. The highest BCUT2D eigenvalue weighted by Gasteiger charge is 2.01. The van der Waals surface area contributed by atoms with Crippen LogP contribution in [0.5, 0.6) is 0 Å². The van der Waals surface area contributed by atoms with Crippen LogP contribution in [0.2, 0.25) is 5.28 Å². The van der Waals surface area contributed by atoms with Crippen LogP contribution in [0.4, 0.5) is 5.82 Å². The quantitative estimate of drug-likeness (QED) is 0.843. The van der Waals surface area contributed by atoms with Crippen LogP contribution < -0.4 is 5.32 Å². The van der Waals surface area contributed by atoms with E-state index in [-0.39, 0.29) is 5.28 Å². The van der Waals surface area contributed by atoms with E-state index in [4.69, 9.17) is 11.6 Å². The Balaban J connectivity index is 1.92. The van der Waals surface area contributed by atoms with Gasteiger partial charge in [-0.2, -0.15) is 5.10 Å². The van der Waals surface area contributed by atoms with Crippen molar-refractivity contribution < 1.29 is 0 Å². The second-order valence-electron chi connectivity index (χ2n) is 3.79. The van der Waals surface area contributed by atoms with Crippen LogP contribution >= 0.6 is 11.6 Å². The van der Waals surface area contributed by atoms with Gasteiger partial charge in [0.15, 0.2) is 0 Å². The summed E-state index contributed by atoms with van der Waals surface area (Å²) < 4.78 is 1.86. The van der Waals surface area contributed by atoms with Gasteiger partial charge >= 0.3 is 0 Å². The fourth-order valence-corrected chi connectivity index (χ4v) is 1.81. The lowest BCUT2D eigenvalue weighted by Gasteiger charge is -2.06. The molecule has 6 heteroatoms. The second kappa shape index (κ2) is 5.14. The molecule has 0 aliphatic rings. The average molecular weight is 252 g/mol. The largest absolute Gasteiger partial charge is 0.370 e. The Kier molecular flexibility index (Phi) is 3.58. The van der Waals surface area contributed by atoms with Crippen molar-refractivity contribution in [3.8, 4) is 0 Å². The van der Waals surface area contributed by atoms with Gasteiger partial charge in [0.05, 0.1) is 0 Å². The molecular formula is C11H14ClN5. The van der Waals surface area contributed by atoms with E-state index in [0.29, 0.717) is 0 Å². The fourth-order valence-electron chi connectivity index (χ4n) is 1.59. The van der Waals surface area contributed by atoms with Gasteiger partial charge in [0.1, 0.15) is 5.82 Å².